The zero-order valence-corrected chi connectivity index (χ0v) is 7.35. The molecule has 11 heavy (non-hydrogen) atoms. The summed E-state index contributed by atoms with van der Waals surface area (Å²) in [6.07, 6.45) is 5.45. The lowest BCUT2D eigenvalue weighted by Crippen LogP contribution is -2.09. The van der Waals surface area contributed by atoms with E-state index in [2.05, 4.69) is 11.9 Å². The molecule has 0 aromatic carbocycles. The van der Waals surface area contributed by atoms with Gasteiger partial charge in [0.1, 0.15) is 5.76 Å². The predicted octanol–water partition coefficient (Wildman–Crippen LogP) is 1.83. The van der Waals surface area contributed by atoms with Gasteiger partial charge in [-0.3, -0.25) is 0 Å². The van der Waals surface area contributed by atoms with Gasteiger partial charge < -0.3 is 10.1 Å². The molecular formula is C9H15NO. The minimum absolute atomic E-state index is 0.796. The molecule has 2 nitrogen and oxygen atoms in total. The summed E-state index contributed by atoms with van der Waals surface area (Å²) in [6, 6.07) is 0. The molecule has 2 heteroatoms. The van der Waals surface area contributed by atoms with Gasteiger partial charge >= 0.3 is 0 Å². The molecule has 0 atom stereocenters. The average Bonchev–Trinajstić information content (AvgIpc) is 2.05. The lowest BCUT2D eigenvalue weighted by Gasteiger charge is -2.08. The molecular weight excluding hydrogens is 138 g/mol. The van der Waals surface area contributed by atoms with E-state index in [-0.39, 0.29) is 0 Å². The topological polar surface area (TPSA) is 21.3 Å². The van der Waals surface area contributed by atoms with Gasteiger partial charge in [-0.05, 0) is 13.0 Å². The fraction of sp³-hybridized carbons (Fsp3) is 0.333. The number of nitrogens with one attached hydrogen (secondary N) is 1. The molecule has 0 rings (SSSR count). The number of ether oxygens (including phenoxy) is 1. The summed E-state index contributed by atoms with van der Waals surface area (Å²) in [6.45, 7) is 5.53. The van der Waals surface area contributed by atoms with Crippen molar-refractivity contribution in [2.24, 2.45) is 0 Å². The number of likely N-dealkylation sites (N-methyl/N-ethyl adjacent to an activating group) is 1. The number of rotatable bonds is 4. The Hall–Kier alpha value is -1.18. The average molecular weight is 153 g/mol. The van der Waals surface area contributed by atoms with E-state index in [4.69, 9.17) is 4.74 Å². The second kappa shape index (κ2) is 5.59. The van der Waals surface area contributed by atoms with Crippen LogP contribution in [-0.2, 0) is 4.74 Å². The first-order valence-corrected chi connectivity index (χ1v) is 3.51. The molecule has 0 fully saturated rings. The van der Waals surface area contributed by atoms with Crippen LogP contribution in [0.5, 0.6) is 0 Å². The van der Waals surface area contributed by atoms with Crippen LogP contribution in [0.25, 0.3) is 0 Å². The molecule has 0 aliphatic carbocycles. The Balaban J connectivity index is 4.47. The number of methoxy groups -OCH3 is 1. The Morgan fingerprint density at radius 3 is 2.45 bits per heavy atom. The molecule has 0 spiro atoms. The van der Waals surface area contributed by atoms with E-state index in [1.54, 1.807) is 13.2 Å². The van der Waals surface area contributed by atoms with Crippen LogP contribution in [-0.4, -0.2) is 14.2 Å². The van der Waals surface area contributed by atoms with E-state index >= 15 is 0 Å². The van der Waals surface area contributed by atoms with Crippen molar-refractivity contribution >= 4 is 0 Å². The van der Waals surface area contributed by atoms with Gasteiger partial charge in [0, 0.05) is 7.05 Å². The van der Waals surface area contributed by atoms with Crippen LogP contribution in [0.2, 0.25) is 0 Å². The molecule has 0 saturated carbocycles. The molecule has 0 amide bonds. The van der Waals surface area contributed by atoms with Crippen LogP contribution in [0.15, 0.2) is 36.3 Å². The van der Waals surface area contributed by atoms with E-state index < -0.39 is 0 Å². The maximum Gasteiger partial charge on any atom is 0.141 e. The van der Waals surface area contributed by atoms with Crippen molar-refractivity contribution < 1.29 is 4.74 Å². The molecule has 0 aliphatic rings. The molecule has 0 aliphatic heterocycles. The lowest BCUT2D eigenvalue weighted by molar-refractivity contribution is 0.297. The zero-order valence-electron chi connectivity index (χ0n) is 7.35. The molecule has 0 bridgehead atoms. The highest BCUT2D eigenvalue weighted by Gasteiger charge is 1.98. The highest BCUT2D eigenvalue weighted by molar-refractivity contribution is 5.26. The summed E-state index contributed by atoms with van der Waals surface area (Å²) in [5.74, 6) is 0.796. The monoisotopic (exact) mass is 153 g/mol. The van der Waals surface area contributed by atoms with Crippen LogP contribution in [0, 0.1) is 0 Å². The van der Waals surface area contributed by atoms with Crippen LogP contribution in [0.1, 0.15) is 6.92 Å². The molecule has 0 aromatic heterocycles. The molecule has 0 heterocycles. The Bertz CT molecular complexity index is 180. The Kier molecular flexibility index (Phi) is 4.99. The molecule has 62 valence electrons. The molecule has 0 aromatic rings. The van der Waals surface area contributed by atoms with Crippen LogP contribution >= 0.6 is 0 Å². The van der Waals surface area contributed by atoms with Gasteiger partial charge in [-0.1, -0.05) is 18.7 Å². The molecule has 0 unspecified atom stereocenters. The Labute approximate surface area is 68.3 Å². The second-order valence-corrected chi connectivity index (χ2v) is 1.92. The second-order valence-electron chi connectivity index (χ2n) is 1.92. The van der Waals surface area contributed by atoms with E-state index in [0.717, 1.165) is 11.5 Å². The zero-order chi connectivity index (χ0) is 8.69. The summed E-state index contributed by atoms with van der Waals surface area (Å²) in [5, 5.41) is 3.01. The van der Waals surface area contributed by atoms with Gasteiger partial charge in [-0.15, -0.1) is 0 Å². The van der Waals surface area contributed by atoms with Crippen LogP contribution in [0.4, 0.5) is 0 Å². The summed E-state index contributed by atoms with van der Waals surface area (Å²) >= 11 is 0. The normalized spacial score (nSPS) is 12.6. The SMILES string of the molecule is C=C/C=C(OC)\C(=C/C)NC. The van der Waals surface area contributed by atoms with E-state index in [1.165, 1.54) is 0 Å². The number of hydrogen-bond acceptors (Lipinski definition) is 2. The van der Waals surface area contributed by atoms with Gasteiger partial charge in [0.05, 0.1) is 12.8 Å². The van der Waals surface area contributed by atoms with Crippen molar-refractivity contribution in [1.82, 2.24) is 5.32 Å². The third-order valence-corrected chi connectivity index (χ3v) is 1.31. The highest BCUT2D eigenvalue weighted by Crippen LogP contribution is 2.06. The van der Waals surface area contributed by atoms with Gasteiger partial charge in [-0.25, -0.2) is 0 Å². The summed E-state index contributed by atoms with van der Waals surface area (Å²) in [7, 11) is 3.49. The fourth-order valence-electron chi connectivity index (χ4n) is 0.785. The van der Waals surface area contributed by atoms with Gasteiger partial charge in [-0.2, -0.15) is 0 Å². The van der Waals surface area contributed by atoms with Crippen molar-refractivity contribution in [1.29, 1.82) is 0 Å². The third-order valence-electron chi connectivity index (χ3n) is 1.31. The quantitative estimate of drug-likeness (QED) is 0.491. The van der Waals surface area contributed by atoms with E-state index in [1.807, 2.05) is 26.1 Å². The first-order chi connectivity index (χ1) is 5.29. The van der Waals surface area contributed by atoms with Crippen molar-refractivity contribution in [2.45, 2.75) is 6.92 Å². The first kappa shape index (κ1) is 9.82. The summed E-state index contributed by atoms with van der Waals surface area (Å²) < 4.78 is 5.09. The van der Waals surface area contributed by atoms with Crippen molar-refractivity contribution in [3.63, 3.8) is 0 Å². The van der Waals surface area contributed by atoms with Crippen molar-refractivity contribution in [3.8, 4) is 0 Å². The first-order valence-electron chi connectivity index (χ1n) is 3.51. The molecule has 1 N–H and O–H groups in total. The number of allylic oxidation sites excluding steroid dienone is 3. The molecule has 0 saturated heterocycles. The smallest absolute Gasteiger partial charge is 0.141 e. The van der Waals surface area contributed by atoms with Crippen molar-refractivity contribution in [3.05, 3.63) is 36.3 Å². The maximum absolute atomic E-state index is 5.09. The van der Waals surface area contributed by atoms with Gasteiger partial charge in [0.25, 0.3) is 0 Å². The van der Waals surface area contributed by atoms with Gasteiger partial charge in [0.2, 0.25) is 0 Å². The number of hydrogen-bond donors (Lipinski definition) is 1. The fourth-order valence-corrected chi connectivity index (χ4v) is 0.785. The molecule has 0 radical (unpaired) electrons. The summed E-state index contributed by atoms with van der Waals surface area (Å²) in [4.78, 5) is 0. The van der Waals surface area contributed by atoms with Crippen molar-refractivity contribution in [2.75, 3.05) is 14.2 Å². The Morgan fingerprint density at radius 1 is 1.55 bits per heavy atom. The minimum Gasteiger partial charge on any atom is -0.495 e. The van der Waals surface area contributed by atoms with E-state index in [9.17, 15) is 0 Å². The third kappa shape index (κ3) is 2.94. The predicted molar refractivity (Wildman–Crippen MR) is 48.1 cm³/mol. The van der Waals surface area contributed by atoms with Crippen LogP contribution in [0.3, 0.4) is 0 Å². The maximum atomic E-state index is 5.09. The van der Waals surface area contributed by atoms with E-state index in [0.29, 0.717) is 0 Å². The standard InChI is InChI=1S/C9H15NO/c1-5-7-9(11-4)8(6-2)10-3/h5-7,10H,1H2,2-4H3/b8-6+,9-7+. The van der Waals surface area contributed by atoms with Gasteiger partial charge in [0.15, 0.2) is 0 Å². The highest BCUT2D eigenvalue weighted by atomic mass is 16.5. The minimum atomic E-state index is 0.796. The largest absolute Gasteiger partial charge is 0.495 e. The Morgan fingerprint density at radius 2 is 2.18 bits per heavy atom. The lowest BCUT2D eigenvalue weighted by atomic mass is 10.3. The van der Waals surface area contributed by atoms with Crippen LogP contribution < -0.4 is 5.32 Å². The summed E-state index contributed by atoms with van der Waals surface area (Å²) in [5.41, 5.74) is 0.965.